The van der Waals surface area contributed by atoms with Crippen LogP contribution in [-0.2, 0) is 16.3 Å². The van der Waals surface area contributed by atoms with Gasteiger partial charge in [-0.3, -0.25) is 0 Å². The molecule has 0 saturated heterocycles. The lowest BCUT2D eigenvalue weighted by molar-refractivity contribution is 0.238. The van der Waals surface area contributed by atoms with E-state index in [-0.39, 0.29) is 18.3 Å². The highest BCUT2D eigenvalue weighted by Gasteiger charge is 2.14. The van der Waals surface area contributed by atoms with E-state index in [4.69, 9.17) is 5.11 Å². The Kier molecular flexibility index (Phi) is 4.29. The van der Waals surface area contributed by atoms with Gasteiger partial charge >= 0.3 is 0 Å². The molecule has 0 amide bonds. The topological polar surface area (TPSA) is 54.4 Å². The Balaban J connectivity index is 2.63. The molecule has 0 heterocycles. The minimum absolute atomic E-state index is 0.0401. The molecule has 3 nitrogen and oxygen atoms in total. The van der Waals surface area contributed by atoms with E-state index >= 15 is 0 Å². The van der Waals surface area contributed by atoms with Gasteiger partial charge in [0, 0.05) is 12.9 Å². The van der Waals surface area contributed by atoms with Crippen molar-refractivity contribution in [3.63, 3.8) is 0 Å². The summed E-state index contributed by atoms with van der Waals surface area (Å²) in [7, 11) is -3.02. The van der Waals surface area contributed by atoms with E-state index in [1.165, 1.54) is 6.26 Å². The largest absolute Gasteiger partial charge is 0.396 e. The third-order valence-corrected chi connectivity index (χ3v) is 3.24. The van der Waals surface area contributed by atoms with Gasteiger partial charge in [-0.25, -0.2) is 8.42 Å². The van der Waals surface area contributed by atoms with Gasteiger partial charge in [-0.2, -0.15) is 0 Å². The van der Waals surface area contributed by atoms with Crippen LogP contribution >= 0.6 is 0 Å². The third-order valence-electron chi connectivity index (χ3n) is 2.16. The second-order valence-corrected chi connectivity index (χ2v) is 6.02. The molecule has 1 unspecified atom stereocenters. The van der Waals surface area contributed by atoms with Gasteiger partial charge in [-0.15, -0.1) is 0 Å². The Hall–Kier alpha value is -0.870. The summed E-state index contributed by atoms with van der Waals surface area (Å²) in [6.45, 7) is -0.0953. The highest BCUT2D eigenvalue weighted by molar-refractivity contribution is 7.90. The van der Waals surface area contributed by atoms with Crippen LogP contribution in [0, 0.1) is 5.92 Å². The Morgan fingerprint density at radius 1 is 1.27 bits per heavy atom. The molecule has 0 aliphatic heterocycles. The average Bonchev–Trinajstić information content (AvgIpc) is 2.16. The summed E-state index contributed by atoms with van der Waals surface area (Å²) >= 11 is 0. The number of aliphatic hydroxyl groups excluding tert-OH is 1. The van der Waals surface area contributed by atoms with Crippen LogP contribution in [0.25, 0.3) is 0 Å². The maximum absolute atomic E-state index is 11.1. The van der Waals surface area contributed by atoms with Crippen molar-refractivity contribution in [2.75, 3.05) is 18.6 Å². The SMILES string of the molecule is CS(=O)(=O)CC(CO)Cc1ccccc1. The fourth-order valence-corrected chi connectivity index (χ4v) is 2.63. The van der Waals surface area contributed by atoms with Crippen molar-refractivity contribution in [3.8, 4) is 0 Å². The van der Waals surface area contributed by atoms with Gasteiger partial charge in [0.2, 0.25) is 0 Å². The van der Waals surface area contributed by atoms with Gasteiger partial charge in [0.25, 0.3) is 0 Å². The maximum Gasteiger partial charge on any atom is 0.147 e. The molecule has 4 heteroatoms. The monoisotopic (exact) mass is 228 g/mol. The summed E-state index contributed by atoms with van der Waals surface area (Å²) in [5.41, 5.74) is 1.06. The molecule has 84 valence electrons. The minimum Gasteiger partial charge on any atom is -0.396 e. The molecule has 0 spiro atoms. The Morgan fingerprint density at radius 3 is 2.33 bits per heavy atom. The van der Waals surface area contributed by atoms with Gasteiger partial charge in [0.05, 0.1) is 5.75 Å². The fraction of sp³-hybridized carbons (Fsp3) is 0.455. The van der Waals surface area contributed by atoms with Crippen molar-refractivity contribution in [2.24, 2.45) is 5.92 Å². The predicted octanol–water partition coefficient (Wildman–Crippen LogP) is 0.882. The second kappa shape index (κ2) is 5.28. The lowest BCUT2D eigenvalue weighted by Gasteiger charge is -2.12. The Bertz CT molecular complexity index is 384. The zero-order chi connectivity index (χ0) is 11.3. The van der Waals surface area contributed by atoms with E-state index in [1.807, 2.05) is 30.3 Å². The maximum atomic E-state index is 11.1. The van der Waals surface area contributed by atoms with E-state index in [9.17, 15) is 8.42 Å². The van der Waals surface area contributed by atoms with Crippen LogP contribution in [0.2, 0.25) is 0 Å². The first-order valence-electron chi connectivity index (χ1n) is 4.84. The fourth-order valence-electron chi connectivity index (χ4n) is 1.55. The molecular weight excluding hydrogens is 212 g/mol. The standard InChI is InChI=1S/C11H16O3S/c1-15(13,14)9-11(8-12)7-10-5-3-2-4-6-10/h2-6,11-12H,7-9H2,1H3. The molecule has 1 N–H and O–H groups in total. The van der Waals surface area contributed by atoms with Gasteiger partial charge in [0.15, 0.2) is 0 Å². The molecule has 0 bridgehead atoms. The van der Waals surface area contributed by atoms with Crippen LogP contribution in [0.4, 0.5) is 0 Å². The first kappa shape index (κ1) is 12.2. The summed E-state index contributed by atoms with van der Waals surface area (Å²) in [5.74, 6) is -0.166. The van der Waals surface area contributed by atoms with Crippen molar-refractivity contribution < 1.29 is 13.5 Å². The third kappa shape index (κ3) is 4.95. The Labute approximate surface area is 90.7 Å². The van der Waals surface area contributed by atoms with Gasteiger partial charge in [-0.05, 0) is 17.9 Å². The highest BCUT2D eigenvalue weighted by atomic mass is 32.2. The number of sulfone groups is 1. The molecule has 0 aromatic heterocycles. The van der Waals surface area contributed by atoms with Gasteiger partial charge in [-0.1, -0.05) is 30.3 Å². The van der Waals surface area contributed by atoms with Gasteiger partial charge in [0.1, 0.15) is 9.84 Å². The van der Waals surface area contributed by atoms with Crippen molar-refractivity contribution in [1.82, 2.24) is 0 Å². The molecule has 0 fully saturated rings. The molecule has 1 aromatic rings. The number of hydrogen-bond donors (Lipinski definition) is 1. The summed E-state index contributed by atoms with van der Waals surface area (Å²) in [6.07, 6.45) is 1.80. The zero-order valence-electron chi connectivity index (χ0n) is 8.76. The second-order valence-electron chi connectivity index (χ2n) is 3.83. The summed E-state index contributed by atoms with van der Waals surface area (Å²) in [6, 6.07) is 9.60. The van der Waals surface area contributed by atoms with Crippen molar-refractivity contribution in [2.45, 2.75) is 6.42 Å². The van der Waals surface area contributed by atoms with E-state index in [2.05, 4.69) is 0 Å². The molecular formula is C11H16O3S. The van der Waals surface area contributed by atoms with E-state index in [1.54, 1.807) is 0 Å². The number of hydrogen-bond acceptors (Lipinski definition) is 3. The van der Waals surface area contributed by atoms with Crippen LogP contribution in [0.5, 0.6) is 0 Å². The molecule has 0 saturated carbocycles. The van der Waals surface area contributed by atoms with Crippen LogP contribution in [0.15, 0.2) is 30.3 Å². The van der Waals surface area contributed by atoms with Gasteiger partial charge < -0.3 is 5.11 Å². The molecule has 0 aliphatic rings. The summed E-state index contributed by atoms with van der Waals surface area (Å²) < 4.78 is 22.2. The van der Waals surface area contributed by atoms with Crippen LogP contribution in [-0.4, -0.2) is 32.1 Å². The zero-order valence-corrected chi connectivity index (χ0v) is 9.57. The Morgan fingerprint density at radius 2 is 1.87 bits per heavy atom. The number of benzene rings is 1. The smallest absolute Gasteiger partial charge is 0.147 e. The van der Waals surface area contributed by atoms with E-state index in [0.717, 1.165) is 5.56 Å². The average molecular weight is 228 g/mol. The number of aliphatic hydroxyl groups is 1. The molecule has 0 aliphatic carbocycles. The molecule has 15 heavy (non-hydrogen) atoms. The predicted molar refractivity (Wildman–Crippen MR) is 60.4 cm³/mol. The quantitative estimate of drug-likeness (QED) is 0.814. The van der Waals surface area contributed by atoms with Crippen molar-refractivity contribution >= 4 is 9.84 Å². The lowest BCUT2D eigenvalue weighted by Crippen LogP contribution is -2.20. The normalized spacial score (nSPS) is 13.7. The first-order valence-corrected chi connectivity index (χ1v) is 6.90. The summed E-state index contributed by atoms with van der Waals surface area (Å²) in [4.78, 5) is 0. The van der Waals surface area contributed by atoms with Crippen molar-refractivity contribution in [1.29, 1.82) is 0 Å². The lowest BCUT2D eigenvalue weighted by atomic mass is 10.0. The van der Waals surface area contributed by atoms with Crippen LogP contribution < -0.4 is 0 Å². The van der Waals surface area contributed by atoms with Crippen LogP contribution in [0.1, 0.15) is 5.56 Å². The van der Waals surface area contributed by atoms with E-state index < -0.39 is 9.84 Å². The summed E-state index contributed by atoms with van der Waals surface area (Å²) in [5, 5.41) is 9.09. The first-order chi connectivity index (χ1) is 7.01. The van der Waals surface area contributed by atoms with E-state index in [0.29, 0.717) is 6.42 Å². The van der Waals surface area contributed by atoms with Crippen LogP contribution in [0.3, 0.4) is 0 Å². The molecule has 1 aromatic carbocycles. The highest BCUT2D eigenvalue weighted by Crippen LogP contribution is 2.10. The van der Waals surface area contributed by atoms with Crippen molar-refractivity contribution in [3.05, 3.63) is 35.9 Å². The molecule has 1 atom stereocenters. The molecule has 0 radical (unpaired) electrons. The minimum atomic E-state index is -3.02. The molecule has 1 rings (SSSR count). The number of rotatable bonds is 5.